The minimum Gasteiger partial charge on any atom is -0.493 e. The van der Waals surface area contributed by atoms with Crippen molar-refractivity contribution in [2.24, 2.45) is 0 Å². The lowest BCUT2D eigenvalue weighted by Crippen LogP contribution is -2.12. The second-order valence-corrected chi connectivity index (χ2v) is 6.49. The van der Waals surface area contributed by atoms with E-state index in [4.69, 9.17) is 14.5 Å². The molecule has 0 saturated carbocycles. The van der Waals surface area contributed by atoms with E-state index in [1.807, 2.05) is 54.6 Å². The first-order valence-corrected chi connectivity index (χ1v) is 9.17. The Morgan fingerprint density at radius 3 is 2.34 bits per heavy atom. The average Bonchev–Trinajstić information content (AvgIpc) is 2.78. The Morgan fingerprint density at radius 1 is 0.828 bits per heavy atom. The Kier molecular flexibility index (Phi) is 5.12. The fourth-order valence-electron chi connectivity index (χ4n) is 3.13. The van der Waals surface area contributed by atoms with Gasteiger partial charge in [0.2, 0.25) is 0 Å². The molecule has 1 amide bonds. The number of fused-ring (bicyclic) bond motifs is 1. The van der Waals surface area contributed by atoms with Crippen molar-refractivity contribution in [2.45, 2.75) is 0 Å². The van der Waals surface area contributed by atoms with Crippen LogP contribution in [0.25, 0.3) is 22.2 Å². The van der Waals surface area contributed by atoms with Gasteiger partial charge >= 0.3 is 0 Å². The molecule has 1 heterocycles. The van der Waals surface area contributed by atoms with E-state index >= 15 is 0 Å². The van der Waals surface area contributed by atoms with Gasteiger partial charge in [-0.2, -0.15) is 0 Å². The first-order chi connectivity index (χ1) is 14.2. The van der Waals surface area contributed by atoms with Crippen LogP contribution in [0.3, 0.4) is 0 Å². The lowest BCUT2D eigenvalue weighted by atomic mass is 10.1. The zero-order valence-corrected chi connectivity index (χ0v) is 16.2. The molecule has 5 heteroatoms. The Labute approximate surface area is 168 Å². The summed E-state index contributed by atoms with van der Waals surface area (Å²) in [7, 11) is 3.10. The van der Waals surface area contributed by atoms with Gasteiger partial charge in [0, 0.05) is 22.2 Å². The van der Waals surface area contributed by atoms with Gasteiger partial charge in [-0.15, -0.1) is 0 Å². The highest BCUT2D eigenvalue weighted by Gasteiger charge is 2.11. The topological polar surface area (TPSA) is 60.5 Å². The Balaban J connectivity index is 1.52. The van der Waals surface area contributed by atoms with Gasteiger partial charge in [-0.3, -0.25) is 4.79 Å². The summed E-state index contributed by atoms with van der Waals surface area (Å²) >= 11 is 0. The summed E-state index contributed by atoms with van der Waals surface area (Å²) in [5.74, 6) is 0.872. The van der Waals surface area contributed by atoms with E-state index in [9.17, 15) is 4.79 Å². The van der Waals surface area contributed by atoms with Crippen LogP contribution < -0.4 is 14.8 Å². The van der Waals surface area contributed by atoms with E-state index in [1.165, 1.54) is 0 Å². The zero-order chi connectivity index (χ0) is 20.2. The van der Waals surface area contributed by atoms with E-state index < -0.39 is 0 Å². The molecule has 0 fully saturated rings. The van der Waals surface area contributed by atoms with Gasteiger partial charge in [-0.1, -0.05) is 36.4 Å². The van der Waals surface area contributed by atoms with Gasteiger partial charge in [0.25, 0.3) is 5.91 Å². The highest BCUT2D eigenvalue weighted by atomic mass is 16.5. The van der Waals surface area contributed by atoms with Gasteiger partial charge < -0.3 is 14.8 Å². The van der Waals surface area contributed by atoms with Gasteiger partial charge in [0.1, 0.15) is 0 Å². The molecule has 0 saturated heterocycles. The van der Waals surface area contributed by atoms with Gasteiger partial charge in [-0.05, 0) is 42.5 Å². The van der Waals surface area contributed by atoms with Crippen LogP contribution in [-0.4, -0.2) is 25.1 Å². The summed E-state index contributed by atoms with van der Waals surface area (Å²) in [4.78, 5) is 17.3. The van der Waals surface area contributed by atoms with Crippen molar-refractivity contribution in [3.8, 4) is 22.8 Å². The third kappa shape index (κ3) is 3.89. The molecule has 0 aliphatic carbocycles. The zero-order valence-electron chi connectivity index (χ0n) is 16.2. The number of methoxy groups -OCH3 is 2. The molecule has 4 rings (SSSR count). The van der Waals surface area contributed by atoms with E-state index in [-0.39, 0.29) is 5.91 Å². The second kappa shape index (κ2) is 8.02. The van der Waals surface area contributed by atoms with Crippen LogP contribution in [0.1, 0.15) is 10.4 Å². The standard InChI is InChI=1S/C24H20N2O3/c1-28-22-14-10-18(15-23(22)29-2)24(27)25-19-11-7-17(8-12-19)21-13-9-16-5-3-4-6-20(16)26-21/h3-15H,1-2H3,(H,25,27). The third-order valence-corrected chi connectivity index (χ3v) is 4.68. The van der Waals surface area contributed by atoms with E-state index in [0.29, 0.717) is 22.7 Å². The monoisotopic (exact) mass is 384 g/mol. The smallest absolute Gasteiger partial charge is 0.255 e. The molecule has 1 aromatic heterocycles. The summed E-state index contributed by atoms with van der Waals surface area (Å²) in [6.07, 6.45) is 0. The summed E-state index contributed by atoms with van der Waals surface area (Å²) in [6.45, 7) is 0. The van der Waals surface area contributed by atoms with Crippen LogP contribution in [0.4, 0.5) is 5.69 Å². The Hall–Kier alpha value is -3.86. The summed E-state index contributed by atoms with van der Waals surface area (Å²) < 4.78 is 10.5. The first-order valence-electron chi connectivity index (χ1n) is 9.17. The maximum atomic E-state index is 12.6. The van der Waals surface area contributed by atoms with Crippen molar-refractivity contribution in [3.05, 3.63) is 84.4 Å². The number of amides is 1. The number of rotatable bonds is 5. The Bertz CT molecular complexity index is 1170. The number of nitrogens with zero attached hydrogens (tertiary/aromatic N) is 1. The van der Waals surface area contributed by atoms with Crippen LogP contribution in [-0.2, 0) is 0 Å². The van der Waals surface area contributed by atoms with E-state index in [2.05, 4.69) is 11.4 Å². The highest BCUT2D eigenvalue weighted by molar-refractivity contribution is 6.04. The van der Waals surface area contributed by atoms with Crippen molar-refractivity contribution in [2.75, 3.05) is 19.5 Å². The number of para-hydroxylation sites is 1. The maximum absolute atomic E-state index is 12.6. The minimum absolute atomic E-state index is 0.220. The number of ether oxygens (including phenoxy) is 2. The number of benzene rings is 3. The number of carbonyl (C=O) groups is 1. The molecule has 0 aliphatic rings. The molecular weight excluding hydrogens is 364 g/mol. The van der Waals surface area contributed by atoms with Crippen molar-refractivity contribution >= 4 is 22.5 Å². The number of carbonyl (C=O) groups excluding carboxylic acids is 1. The molecule has 1 N–H and O–H groups in total. The molecule has 0 spiro atoms. The van der Waals surface area contributed by atoms with Gasteiger partial charge in [-0.25, -0.2) is 4.98 Å². The fourth-order valence-corrected chi connectivity index (χ4v) is 3.13. The number of aromatic nitrogens is 1. The van der Waals surface area contributed by atoms with E-state index in [1.54, 1.807) is 32.4 Å². The number of nitrogens with one attached hydrogen (secondary N) is 1. The van der Waals surface area contributed by atoms with E-state index in [0.717, 1.165) is 22.2 Å². The van der Waals surface area contributed by atoms with Crippen molar-refractivity contribution in [1.82, 2.24) is 4.98 Å². The van der Waals surface area contributed by atoms with Crippen molar-refractivity contribution < 1.29 is 14.3 Å². The normalized spacial score (nSPS) is 10.6. The van der Waals surface area contributed by atoms with Gasteiger partial charge in [0.15, 0.2) is 11.5 Å². The molecule has 0 bridgehead atoms. The number of hydrogen-bond donors (Lipinski definition) is 1. The summed E-state index contributed by atoms with van der Waals surface area (Å²) in [5.41, 5.74) is 4.02. The fraction of sp³-hybridized carbons (Fsp3) is 0.0833. The largest absolute Gasteiger partial charge is 0.493 e. The molecule has 3 aromatic carbocycles. The minimum atomic E-state index is -0.220. The number of hydrogen-bond acceptors (Lipinski definition) is 4. The molecule has 5 nitrogen and oxygen atoms in total. The molecule has 144 valence electrons. The number of anilines is 1. The predicted octanol–water partition coefficient (Wildman–Crippen LogP) is 5.17. The summed E-state index contributed by atoms with van der Waals surface area (Å²) in [6, 6.07) is 24.8. The first kappa shape index (κ1) is 18.5. The lowest BCUT2D eigenvalue weighted by Gasteiger charge is -2.10. The molecule has 4 aromatic rings. The second-order valence-electron chi connectivity index (χ2n) is 6.49. The van der Waals surface area contributed by atoms with Crippen LogP contribution >= 0.6 is 0 Å². The van der Waals surface area contributed by atoms with Crippen molar-refractivity contribution in [1.29, 1.82) is 0 Å². The molecule has 0 aliphatic heterocycles. The van der Waals surface area contributed by atoms with Crippen LogP contribution in [0.2, 0.25) is 0 Å². The molecule has 0 unspecified atom stereocenters. The molecule has 0 radical (unpaired) electrons. The lowest BCUT2D eigenvalue weighted by molar-refractivity contribution is 0.102. The van der Waals surface area contributed by atoms with Gasteiger partial charge in [0.05, 0.1) is 25.4 Å². The van der Waals surface area contributed by atoms with Crippen LogP contribution in [0, 0.1) is 0 Å². The Morgan fingerprint density at radius 2 is 1.59 bits per heavy atom. The molecule has 29 heavy (non-hydrogen) atoms. The molecular formula is C24H20N2O3. The highest BCUT2D eigenvalue weighted by Crippen LogP contribution is 2.28. The molecule has 0 atom stereocenters. The third-order valence-electron chi connectivity index (χ3n) is 4.68. The maximum Gasteiger partial charge on any atom is 0.255 e. The summed E-state index contributed by atoms with van der Waals surface area (Å²) in [5, 5.41) is 4.01. The SMILES string of the molecule is COc1ccc(C(=O)Nc2ccc(-c3ccc4ccccc4n3)cc2)cc1OC. The van der Waals surface area contributed by atoms with Crippen LogP contribution in [0.15, 0.2) is 78.9 Å². The quantitative estimate of drug-likeness (QED) is 0.516. The van der Waals surface area contributed by atoms with Crippen molar-refractivity contribution in [3.63, 3.8) is 0 Å². The predicted molar refractivity (Wildman–Crippen MR) is 115 cm³/mol. The number of pyridine rings is 1. The average molecular weight is 384 g/mol. The van der Waals surface area contributed by atoms with Crippen LogP contribution in [0.5, 0.6) is 11.5 Å².